The van der Waals surface area contributed by atoms with Crippen molar-refractivity contribution in [2.24, 2.45) is 0 Å². The van der Waals surface area contributed by atoms with Crippen LogP contribution >= 0.6 is 0 Å². The summed E-state index contributed by atoms with van der Waals surface area (Å²) in [4.78, 5) is 23.9. The highest BCUT2D eigenvalue weighted by Gasteiger charge is 2.56. The van der Waals surface area contributed by atoms with Gasteiger partial charge in [-0.25, -0.2) is 20.0 Å². The number of rotatable bonds is 4. The zero-order valence-corrected chi connectivity index (χ0v) is 11.5. The number of hydrazine groups is 1. The molecule has 1 aliphatic rings. The summed E-state index contributed by atoms with van der Waals surface area (Å²) < 4.78 is 5.24. The Balaban J connectivity index is 3.00. The van der Waals surface area contributed by atoms with Crippen LogP contribution in [0.2, 0.25) is 0 Å². The first kappa shape index (κ1) is 15.5. The van der Waals surface area contributed by atoms with Crippen molar-refractivity contribution < 1.29 is 19.4 Å². The van der Waals surface area contributed by atoms with E-state index in [0.717, 1.165) is 0 Å². The minimum absolute atomic E-state index is 0.165. The van der Waals surface area contributed by atoms with Crippen molar-refractivity contribution in [1.29, 1.82) is 0 Å². The van der Waals surface area contributed by atoms with Gasteiger partial charge in [-0.2, -0.15) is 0 Å². The van der Waals surface area contributed by atoms with Crippen LogP contribution in [0.3, 0.4) is 0 Å². The second kappa shape index (κ2) is 5.59. The molecule has 0 aliphatic carbocycles. The highest BCUT2D eigenvalue weighted by Crippen LogP contribution is 2.31. The van der Waals surface area contributed by atoms with Gasteiger partial charge < -0.3 is 9.84 Å². The molecule has 1 rings (SSSR count). The zero-order chi connectivity index (χ0) is 14.7. The van der Waals surface area contributed by atoms with E-state index in [2.05, 4.69) is 11.3 Å². The van der Waals surface area contributed by atoms with Crippen molar-refractivity contribution in [2.75, 3.05) is 13.1 Å². The number of carbonyl (C=O) groups is 2. The smallest absolute Gasteiger partial charge is 0.340 e. The third kappa shape index (κ3) is 3.25. The third-order valence-corrected chi connectivity index (χ3v) is 2.84. The topological polar surface area (TPSA) is 78.9 Å². The average Bonchev–Trinajstić information content (AvgIpc) is 2.68. The molecule has 1 saturated heterocycles. The summed E-state index contributed by atoms with van der Waals surface area (Å²) in [5.41, 5.74) is 0.359. The van der Waals surface area contributed by atoms with Crippen LogP contribution in [0.1, 0.15) is 33.6 Å². The summed E-state index contributed by atoms with van der Waals surface area (Å²) in [6.45, 7) is 5.71. The lowest BCUT2D eigenvalue weighted by Crippen LogP contribution is -2.62. The van der Waals surface area contributed by atoms with Crippen LogP contribution in [0, 0.1) is 12.3 Å². The van der Waals surface area contributed by atoms with Crippen LogP contribution in [0.25, 0.3) is 0 Å². The van der Waals surface area contributed by atoms with Crippen LogP contribution in [-0.2, 0) is 14.3 Å². The molecule has 6 heteroatoms. The Morgan fingerprint density at radius 1 is 1.53 bits per heavy atom. The molecule has 1 unspecified atom stereocenters. The zero-order valence-electron chi connectivity index (χ0n) is 11.5. The number of carbonyl (C=O) groups excluding carboxylic acids is 1. The Hall–Kier alpha value is -1.58. The number of nitrogens with one attached hydrogen (secondary N) is 1. The molecule has 0 amide bonds. The first-order valence-corrected chi connectivity index (χ1v) is 6.15. The lowest BCUT2D eigenvalue weighted by molar-refractivity contribution is -0.179. The number of terminal acetylenes is 1. The number of aliphatic carboxylic acids is 1. The summed E-state index contributed by atoms with van der Waals surface area (Å²) in [5, 5.41) is 10.8. The lowest BCUT2D eigenvalue weighted by Gasteiger charge is -2.34. The SMILES string of the molecule is C#CCNN1CCCC1(C(=O)O)C(=O)OC(C)(C)C. The average molecular weight is 268 g/mol. The largest absolute Gasteiger partial charge is 0.479 e. The van der Waals surface area contributed by atoms with Gasteiger partial charge in [0.25, 0.3) is 0 Å². The van der Waals surface area contributed by atoms with E-state index in [4.69, 9.17) is 11.2 Å². The lowest BCUT2D eigenvalue weighted by atomic mass is 9.97. The van der Waals surface area contributed by atoms with Gasteiger partial charge in [0.15, 0.2) is 0 Å². The van der Waals surface area contributed by atoms with Gasteiger partial charge in [-0.15, -0.1) is 6.42 Å². The minimum atomic E-state index is -1.69. The second-order valence-electron chi connectivity index (χ2n) is 5.46. The van der Waals surface area contributed by atoms with Crippen LogP contribution < -0.4 is 5.43 Å². The van der Waals surface area contributed by atoms with E-state index in [1.54, 1.807) is 20.8 Å². The van der Waals surface area contributed by atoms with E-state index >= 15 is 0 Å². The van der Waals surface area contributed by atoms with Crippen molar-refractivity contribution >= 4 is 11.9 Å². The van der Waals surface area contributed by atoms with E-state index in [0.29, 0.717) is 13.0 Å². The number of hydrogen-bond donors (Lipinski definition) is 2. The summed E-state index contributed by atoms with van der Waals surface area (Å²) in [7, 11) is 0. The fourth-order valence-electron chi connectivity index (χ4n) is 2.06. The molecule has 6 nitrogen and oxygen atoms in total. The van der Waals surface area contributed by atoms with Crippen LogP contribution in [0.5, 0.6) is 0 Å². The third-order valence-electron chi connectivity index (χ3n) is 2.84. The predicted molar refractivity (Wildman–Crippen MR) is 69.0 cm³/mol. The van der Waals surface area contributed by atoms with Gasteiger partial charge in [0.2, 0.25) is 5.54 Å². The molecule has 0 bridgehead atoms. The monoisotopic (exact) mass is 268 g/mol. The molecule has 2 N–H and O–H groups in total. The molecule has 1 fully saturated rings. The van der Waals surface area contributed by atoms with Gasteiger partial charge in [0.05, 0.1) is 6.54 Å². The first-order valence-electron chi connectivity index (χ1n) is 6.15. The van der Waals surface area contributed by atoms with Gasteiger partial charge in [-0.1, -0.05) is 5.92 Å². The summed E-state index contributed by atoms with van der Waals surface area (Å²) in [6, 6.07) is 0. The summed E-state index contributed by atoms with van der Waals surface area (Å²) >= 11 is 0. The van der Waals surface area contributed by atoms with E-state index < -0.39 is 23.1 Å². The maximum absolute atomic E-state index is 12.3. The van der Waals surface area contributed by atoms with Gasteiger partial charge >= 0.3 is 11.9 Å². The first-order chi connectivity index (χ1) is 8.74. The number of carboxylic acid groups (broad SMARTS) is 1. The Bertz CT molecular complexity index is 408. The van der Waals surface area contributed by atoms with Crippen molar-refractivity contribution in [3.63, 3.8) is 0 Å². The maximum atomic E-state index is 12.3. The number of esters is 1. The fourth-order valence-corrected chi connectivity index (χ4v) is 2.06. The van der Waals surface area contributed by atoms with E-state index in [9.17, 15) is 14.7 Å². The number of hydrogen-bond acceptors (Lipinski definition) is 5. The Morgan fingerprint density at radius 3 is 2.63 bits per heavy atom. The number of ether oxygens (including phenoxy) is 1. The number of nitrogens with zero attached hydrogens (tertiary/aromatic N) is 1. The van der Waals surface area contributed by atoms with E-state index in [1.807, 2.05) is 0 Å². The quantitative estimate of drug-likeness (QED) is 0.436. The summed E-state index contributed by atoms with van der Waals surface area (Å²) in [5.74, 6) is 0.387. The van der Waals surface area contributed by atoms with Gasteiger partial charge in [-0.3, -0.25) is 0 Å². The molecule has 0 spiro atoms. The normalized spacial score (nSPS) is 23.9. The Labute approximate surface area is 113 Å². The van der Waals surface area contributed by atoms with Crippen molar-refractivity contribution in [3.8, 4) is 12.3 Å². The molecular weight excluding hydrogens is 248 g/mol. The van der Waals surface area contributed by atoms with Crippen LogP contribution in [0.15, 0.2) is 0 Å². The molecular formula is C13H20N2O4. The predicted octanol–water partition coefficient (Wildman–Crippen LogP) is 0.385. The molecule has 1 atom stereocenters. The number of carboxylic acids is 1. The maximum Gasteiger partial charge on any atom is 0.340 e. The Morgan fingerprint density at radius 2 is 2.16 bits per heavy atom. The van der Waals surface area contributed by atoms with Crippen LogP contribution in [0.4, 0.5) is 0 Å². The fraction of sp³-hybridized carbons (Fsp3) is 0.692. The Kier molecular flexibility index (Phi) is 4.56. The van der Waals surface area contributed by atoms with Crippen molar-refractivity contribution in [3.05, 3.63) is 0 Å². The molecule has 106 valence electrons. The van der Waals surface area contributed by atoms with E-state index in [-0.39, 0.29) is 13.0 Å². The van der Waals surface area contributed by atoms with E-state index in [1.165, 1.54) is 5.01 Å². The molecule has 0 aromatic heterocycles. The minimum Gasteiger partial charge on any atom is -0.479 e. The standard InChI is InChI=1S/C13H20N2O4/c1-5-8-14-15-9-6-7-13(15,10(16)17)11(18)19-12(2,3)4/h1,14H,6-9H2,2-4H3,(H,16,17). The highest BCUT2D eigenvalue weighted by molar-refractivity contribution is 6.04. The molecule has 0 saturated carbocycles. The van der Waals surface area contributed by atoms with Gasteiger partial charge in [0.1, 0.15) is 5.60 Å². The van der Waals surface area contributed by atoms with Gasteiger partial charge in [-0.05, 0) is 33.6 Å². The van der Waals surface area contributed by atoms with Crippen molar-refractivity contribution in [1.82, 2.24) is 10.4 Å². The highest BCUT2D eigenvalue weighted by atomic mass is 16.6. The molecule has 0 radical (unpaired) electrons. The molecule has 19 heavy (non-hydrogen) atoms. The molecule has 0 aromatic carbocycles. The second-order valence-corrected chi connectivity index (χ2v) is 5.46. The van der Waals surface area contributed by atoms with Crippen molar-refractivity contribution in [2.45, 2.75) is 44.8 Å². The van der Waals surface area contributed by atoms with Gasteiger partial charge in [0, 0.05) is 6.54 Å². The summed E-state index contributed by atoms with van der Waals surface area (Å²) in [6.07, 6.45) is 5.94. The molecule has 0 aromatic rings. The molecule has 1 aliphatic heterocycles. The molecule has 1 heterocycles. The van der Waals surface area contributed by atoms with Crippen LogP contribution in [-0.4, -0.2) is 46.3 Å².